The van der Waals surface area contributed by atoms with E-state index in [4.69, 9.17) is 4.74 Å². The highest BCUT2D eigenvalue weighted by atomic mass is 16.5. The standard InChI is InChI=1S/C20H16N2O5/c23-17-6-3-11-21(17)14-9-7-13(8-10-14)20(26)27-12-22-18(24)15-4-1-2-5-16(15)19(22)25/h1-2,4-5,7-10H,3,6,11-12H2. The van der Waals surface area contributed by atoms with E-state index in [1.54, 1.807) is 53.4 Å². The van der Waals surface area contributed by atoms with Gasteiger partial charge in [0.05, 0.1) is 16.7 Å². The van der Waals surface area contributed by atoms with Crippen molar-refractivity contribution in [3.63, 3.8) is 0 Å². The Morgan fingerprint density at radius 1 is 0.926 bits per heavy atom. The fourth-order valence-electron chi connectivity index (χ4n) is 3.26. The monoisotopic (exact) mass is 364 g/mol. The Morgan fingerprint density at radius 3 is 2.11 bits per heavy atom. The van der Waals surface area contributed by atoms with Crippen molar-refractivity contribution in [3.8, 4) is 0 Å². The van der Waals surface area contributed by atoms with E-state index < -0.39 is 24.5 Å². The molecule has 0 aromatic heterocycles. The lowest BCUT2D eigenvalue weighted by atomic mass is 10.1. The van der Waals surface area contributed by atoms with Gasteiger partial charge in [0.1, 0.15) is 0 Å². The normalized spacial score (nSPS) is 16.1. The molecular formula is C20H16N2O5. The maximum absolute atomic E-state index is 12.3. The molecular weight excluding hydrogens is 348 g/mol. The predicted molar refractivity (Wildman–Crippen MR) is 95.3 cm³/mol. The van der Waals surface area contributed by atoms with Crippen molar-refractivity contribution in [2.75, 3.05) is 18.2 Å². The Labute approximate surface area is 155 Å². The number of imide groups is 1. The molecule has 0 N–H and O–H groups in total. The number of benzene rings is 2. The molecule has 0 spiro atoms. The van der Waals surface area contributed by atoms with Gasteiger partial charge in [-0.3, -0.25) is 14.4 Å². The largest absolute Gasteiger partial charge is 0.440 e. The van der Waals surface area contributed by atoms with E-state index in [0.29, 0.717) is 24.1 Å². The summed E-state index contributed by atoms with van der Waals surface area (Å²) in [6, 6.07) is 13.0. The summed E-state index contributed by atoms with van der Waals surface area (Å²) < 4.78 is 5.14. The van der Waals surface area contributed by atoms with Crippen molar-refractivity contribution >= 4 is 29.4 Å². The highest BCUT2D eigenvalue weighted by molar-refractivity contribution is 6.21. The van der Waals surface area contributed by atoms with Crippen molar-refractivity contribution in [2.24, 2.45) is 0 Å². The van der Waals surface area contributed by atoms with Crippen LogP contribution in [0.2, 0.25) is 0 Å². The number of fused-ring (bicyclic) bond motifs is 1. The second kappa shape index (κ2) is 6.68. The number of amides is 3. The van der Waals surface area contributed by atoms with Gasteiger partial charge in [0.15, 0.2) is 6.73 Å². The molecule has 3 amide bonds. The second-order valence-corrected chi connectivity index (χ2v) is 6.34. The van der Waals surface area contributed by atoms with Crippen molar-refractivity contribution in [3.05, 3.63) is 65.2 Å². The third-order valence-corrected chi connectivity index (χ3v) is 4.69. The predicted octanol–water partition coefficient (Wildman–Crippen LogP) is 2.22. The van der Waals surface area contributed by atoms with Crippen LogP contribution in [0.1, 0.15) is 43.9 Å². The zero-order chi connectivity index (χ0) is 19.0. The van der Waals surface area contributed by atoms with Gasteiger partial charge in [-0.25, -0.2) is 9.69 Å². The summed E-state index contributed by atoms with van der Waals surface area (Å²) in [6.45, 7) is 0.222. The maximum atomic E-state index is 12.3. The minimum absolute atomic E-state index is 0.0657. The summed E-state index contributed by atoms with van der Waals surface area (Å²) in [5.41, 5.74) is 1.62. The van der Waals surface area contributed by atoms with Gasteiger partial charge in [0.25, 0.3) is 11.8 Å². The lowest BCUT2D eigenvalue weighted by molar-refractivity contribution is -0.117. The molecule has 0 unspecified atom stereocenters. The number of hydrogen-bond donors (Lipinski definition) is 0. The van der Waals surface area contributed by atoms with Crippen molar-refractivity contribution in [1.29, 1.82) is 0 Å². The fraction of sp³-hybridized carbons (Fsp3) is 0.200. The van der Waals surface area contributed by atoms with Crippen molar-refractivity contribution in [2.45, 2.75) is 12.8 Å². The second-order valence-electron chi connectivity index (χ2n) is 6.34. The Balaban J connectivity index is 1.41. The molecule has 0 saturated carbocycles. The van der Waals surface area contributed by atoms with Gasteiger partial charge in [-0.2, -0.15) is 0 Å². The number of anilines is 1. The van der Waals surface area contributed by atoms with E-state index in [2.05, 4.69) is 0 Å². The maximum Gasteiger partial charge on any atom is 0.339 e. The van der Waals surface area contributed by atoms with Crippen LogP contribution in [0.5, 0.6) is 0 Å². The van der Waals surface area contributed by atoms with E-state index in [1.165, 1.54) is 0 Å². The third-order valence-electron chi connectivity index (χ3n) is 4.69. The molecule has 0 atom stereocenters. The molecule has 7 nitrogen and oxygen atoms in total. The summed E-state index contributed by atoms with van der Waals surface area (Å²) in [4.78, 5) is 51.1. The summed E-state index contributed by atoms with van der Waals surface area (Å²) in [6.07, 6.45) is 1.35. The van der Waals surface area contributed by atoms with Crippen LogP contribution in [0.3, 0.4) is 0 Å². The van der Waals surface area contributed by atoms with Crippen LogP contribution >= 0.6 is 0 Å². The smallest absolute Gasteiger partial charge is 0.339 e. The topological polar surface area (TPSA) is 84.0 Å². The van der Waals surface area contributed by atoms with Crippen LogP contribution in [-0.4, -0.2) is 41.9 Å². The average Bonchev–Trinajstić information content (AvgIpc) is 3.22. The number of hydrogen-bond acceptors (Lipinski definition) is 5. The Kier molecular flexibility index (Phi) is 4.19. The lowest BCUT2D eigenvalue weighted by Gasteiger charge is -2.16. The first-order chi connectivity index (χ1) is 13.1. The number of esters is 1. The van der Waals surface area contributed by atoms with E-state index in [-0.39, 0.29) is 11.5 Å². The average molecular weight is 364 g/mol. The minimum Gasteiger partial charge on any atom is -0.440 e. The van der Waals surface area contributed by atoms with Crippen molar-refractivity contribution in [1.82, 2.24) is 4.90 Å². The molecule has 4 rings (SSSR count). The van der Waals surface area contributed by atoms with Gasteiger partial charge < -0.3 is 9.64 Å². The van der Waals surface area contributed by atoms with E-state index in [0.717, 1.165) is 17.0 Å². The number of ether oxygens (including phenoxy) is 1. The fourth-order valence-corrected chi connectivity index (χ4v) is 3.26. The van der Waals surface area contributed by atoms with Gasteiger partial charge in [-0.15, -0.1) is 0 Å². The highest BCUT2D eigenvalue weighted by Gasteiger charge is 2.35. The Bertz CT molecular complexity index is 916. The molecule has 0 radical (unpaired) electrons. The van der Waals surface area contributed by atoms with Gasteiger partial charge in [0.2, 0.25) is 5.91 Å². The summed E-state index contributed by atoms with van der Waals surface area (Å²) in [5.74, 6) is -1.54. The van der Waals surface area contributed by atoms with Gasteiger partial charge >= 0.3 is 5.97 Å². The van der Waals surface area contributed by atoms with Crippen LogP contribution in [0.25, 0.3) is 0 Å². The molecule has 2 heterocycles. The molecule has 1 fully saturated rings. The molecule has 2 aliphatic heterocycles. The SMILES string of the molecule is O=C(OCN1C(=O)c2ccccc2C1=O)c1ccc(N2CCCC2=O)cc1. The van der Waals surface area contributed by atoms with E-state index >= 15 is 0 Å². The molecule has 0 aliphatic carbocycles. The third kappa shape index (κ3) is 2.97. The Morgan fingerprint density at radius 2 is 1.56 bits per heavy atom. The summed E-state index contributed by atoms with van der Waals surface area (Å²) in [5, 5.41) is 0. The molecule has 2 aromatic carbocycles. The molecule has 27 heavy (non-hydrogen) atoms. The first kappa shape index (κ1) is 17.0. The first-order valence-electron chi connectivity index (χ1n) is 8.59. The molecule has 136 valence electrons. The molecule has 2 aromatic rings. The zero-order valence-electron chi connectivity index (χ0n) is 14.4. The number of carbonyl (C=O) groups is 4. The van der Waals surface area contributed by atoms with Gasteiger partial charge in [-0.05, 0) is 42.8 Å². The summed E-state index contributed by atoms with van der Waals surface area (Å²) >= 11 is 0. The highest BCUT2D eigenvalue weighted by Crippen LogP contribution is 2.23. The van der Waals surface area contributed by atoms with E-state index in [9.17, 15) is 19.2 Å². The van der Waals surface area contributed by atoms with Crippen molar-refractivity contribution < 1.29 is 23.9 Å². The molecule has 0 bridgehead atoms. The van der Waals surface area contributed by atoms with Crippen LogP contribution in [0, 0.1) is 0 Å². The van der Waals surface area contributed by atoms with Crippen LogP contribution < -0.4 is 4.90 Å². The molecule has 2 aliphatic rings. The van der Waals surface area contributed by atoms with Crippen LogP contribution in [0.15, 0.2) is 48.5 Å². The first-order valence-corrected chi connectivity index (χ1v) is 8.59. The van der Waals surface area contributed by atoms with Gasteiger partial charge in [0, 0.05) is 18.7 Å². The van der Waals surface area contributed by atoms with Crippen LogP contribution in [0.4, 0.5) is 5.69 Å². The quantitative estimate of drug-likeness (QED) is 0.614. The number of rotatable bonds is 4. The molecule has 1 saturated heterocycles. The number of carbonyl (C=O) groups excluding carboxylic acids is 4. The number of nitrogens with zero attached hydrogens (tertiary/aromatic N) is 2. The zero-order valence-corrected chi connectivity index (χ0v) is 14.4. The van der Waals surface area contributed by atoms with Crippen LogP contribution in [-0.2, 0) is 9.53 Å². The van der Waals surface area contributed by atoms with E-state index in [1.807, 2.05) is 0 Å². The minimum atomic E-state index is -0.647. The summed E-state index contributed by atoms with van der Waals surface area (Å²) in [7, 11) is 0. The molecule has 7 heteroatoms. The Hall–Kier alpha value is -3.48. The van der Waals surface area contributed by atoms with Gasteiger partial charge in [-0.1, -0.05) is 12.1 Å². The lowest BCUT2D eigenvalue weighted by Crippen LogP contribution is -2.33.